The van der Waals surface area contributed by atoms with Crippen molar-refractivity contribution in [2.24, 2.45) is 0 Å². The smallest absolute Gasteiger partial charge is 0.222 e. The lowest BCUT2D eigenvalue weighted by molar-refractivity contribution is -0.132. The molecule has 86 valence electrons. The van der Waals surface area contributed by atoms with Crippen LogP contribution in [0.2, 0.25) is 0 Å². The molecule has 0 aliphatic carbocycles. The van der Waals surface area contributed by atoms with Gasteiger partial charge in [0.2, 0.25) is 5.91 Å². The molecular formula is C12H22N2O. The molecule has 1 saturated heterocycles. The zero-order valence-electron chi connectivity index (χ0n) is 9.83. The van der Waals surface area contributed by atoms with E-state index in [1.165, 1.54) is 0 Å². The fourth-order valence-corrected chi connectivity index (χ4v) is 2.00. The number of amides is 1. The highest BCUT2D eigenvalue weighted by molar-refractivity contribution is 5.76. The third-order valence-corrected chi connectivity index (χ3v) is 2.95. The van der Waals surface area contributed by atoms with Gasteiger partial charge < -0.3 is 10.2 Å². The number of rotatable bonds is 5. The zero-order valence-corrected chi connectivity index (χ0v) is 9.83. The molecule has 0 aromatic heterocycles. The van der Waals surface area contributed by atoms with Crippen molar-refractivity contribution in [3.63, 3.8) is 0 Å². The topological polar surface area (TPSA) is 32.3 Å². The van der Waals surface area contributed by atoms with Gasteiger partial charge in [0.1, 0.15) is 0 Å². The lowest BCUT2D eigenvalue weighted by Gasteiger charge is -2.32. The minimum absolute atomic E-state index is 0.270. The summed E-state index contributed by atoms with van der Waals surface area (Å²) in [6.07, 6.45) is 5.78. The summed E-state index contributed by atoms with van der Waals surface area (Å²) in [5.41, 5.74) is 0. The van der Waals surface area contributed by atoms with E-state index >= 15 is 0 Å². The first kappa shape index (κ1) is 12.2. The maximum atomic E-state index is 11.3. The molecule has 1 aliphatic heterocycles. The lowest BCUT2D eigenvalue weighted by atomic mass is 10.0. The van der Waals surface area contributed by atoms with Crippen molar-refractivity contribution in [3.8, 4) is 0 Å². The minimum atomic E-state index is 0.270. The van der Waals surface area contributed by atoms with Crippen LogP contribution >= 0.6 is 0 Å². The molecule has 0 saturated carbocycles. The van der Waals surface area contributed by atoms with Crippen LogP contribution in [0.3, 0.4) is 0 Å². The van der Waals surface area contributed by atoms with Crippen molar-refractivity contribution in [1.82, 2.24) is 10.2 Å². The Morgan fingerprint density at radius 2 is 2.47 bits per heavy atom. The second-order valence-electron chi connectivity index (χ2n) is 4.44. The number of nitrogens with zero attached hydrogens (tertiary/aromatic N) is 1. The monoisotopic (exact) mass is 210 g/mol. The van der Waals surface area contributed by atoms with Gasteiger partial charge in [-0.15, -0.1) is 6.58 Å². The number of carbonyl (C=O) groups excluding carboxylic acids is 1. The second kappa shape index (κ2) is 5.91. The number of nitrogens with one attached hydrogen (secondary N) is 1. The Morgan fingerprint density at radius 3 is 3.07 bits per heavy atom. The molecule has 1 rings (SSSR count). The van der Waals surface area contributed by atoms with Crippen LogP contribution in [0.4, 0.5) is 0 Å². The summed E-state index contributed by atoms with van der Waals surface area (Å²) >= 11 is 0. The Bertz CT molecular complexity index is 228. The molecule has 1 N–H and O–H groups in total. The van der Waals surface area contributed by atoms with E-state index in [2.05, 4.69) is 18.8 Å². The second-order valence-corrected chi connectivity index (χ2v) is 4.44. The summed E-state index contributed by atoms with van der Waals surface area (Å²) in [6.45, 7) is 6.76. The average molecular weight is 210 g/mol. The molecule has 0 aromatic rings. The van der Waals surface area contributed by atoms with Crippen molar-refractivity contribution in [3.05, 3.63) is 12.7 Å². The highest BCUT2D eigenvalue weighted by Gasteiger charge is 2.23. The van der Waals surface area contributed by atoms with Crippen molar-refractivity contribution >= 4 is 5.91 Å². The molecule has 1 aliphatic rings. The standard InChI is InChI=1S/C12H22N2O/c1-4-5-6-10(2)13-11-7-8-12(15)14(3)9-11/h4,10-11,13H,1,5-9H2,2-3H3/t10-,11-/m0/s1. The zero-order chi connectivity index (χ0) is 11.3. The van der Waals surface area contributed by atoms with E-state index in [0.717, 1.165) is 25.8 Å². The maximum absolute atomic E-state index is 11.3. The van der Waals surface area contributed by atoms with Gasteiger partial charge in [-0.1, -0.05) is 6.08 Å². The van der Waals surface area contributed by atoms with Crippen molar-refractivity contribution in [1.29, 1.82) is 0 Å². The van der Waals surface area contributed by atoms with Gasteiger partial charge in [-0.3, -0.25) is 4.79 Å². The summed E-state index contributed by atoms with van der Waals surface area (Å²) in [5, 5.41) is 3.56. The van der Waals surface area contributed by atoms with E-state index in [1.807, 2.05) is 18.0 Å². The number of likely N-dealkylation sites (N-methyl/N-ethyl adjacent to an activating group) is 1. The molecule has 0 aromatic carbocycles. The number of hydrogen-bond acceptors (Lipinski definition) is 2. The van der Waals surface area contributed by atoms with Gasteiger partial charge in [0.15, 0.2) is 0 Å². The molecule has 1 fully saturated rings. The summed E-state index contributed by atoms with van der Waals surface area (Å²) in [7, 11) is 1.88. The normalized spacial score (nSPS) is 24.0. The third kappa shape index (κ3) is 4.04. The molecule has 0 unspecified atom stereocenters. The first-order valence-electron chi connectivity index (χ1n) is 5.74. The highest BCUT2D eigenvalue weighted by Crippen LogP contribution is 2.11. The molecular weight excluding hydrogens is 188 g/mol. The van der Waals surface area contributed by atoms with E-state index in [9.17, 15) is 4.79 Å². The Morgan fingerprint density at radius 1 is 1.73 bits per heavy atom. The van der Waals surface area contributed by atoms with E-state index in [4.69, 9.17) is 0 Å². The first-order chi connectivity index (χ1) is 7.13. The van der Waals surface area contributed by atoms with Crippen molar-refractivity contribution < 1.29 is 4.79 Å². The predicted octanol–water partition coefficient (Wildman–Crippen LogP) is 1.55. The fraction of sp³-hybridized carbons (Fsp3) is 0.750. The van der Waals surface area contributed by atoms with Crippen LogP contribution in [-0.4, -0.2) is 36.5 Å². The number of piperidine rings is 1. The quantitative estimate of drug-likeness (QED) is 0.698. The largest absolute Gasteiger partial charge is 0.344 e. The van der Waals surface area contributed by atoms with Crippen LogP contribution in [0.1, 0.15) is 32.6 Å². The molecule has 1 heterocycles. The fourth-order valence-electron chi connectivity index (χ4n) is 2.00. The van der Waals surface area contributed by atoms with Crippen LogP contribution in [0.5, 0.6) is 0 Å². The van der Waals surface area contributed by atoms with Gasteiger partial charge in [-0.05, 0) is 26.2 Å². The first-order valence-corrected chi connectivity index (χ1v) is 5.74. The van der Waals surface area contributed by atoms with E-state index < -0.39 is 0 Å². The van der Waals surface area contributed by atoms with Gasteiger partial charge in [0, 0.05) is 32.1 Å². The Kier molecular flexibility index (Phi) is 4.82. The van der Waals surface area contributed by atoms with E-state index in [0.29, 0.717) is 18.5 Å². The van der Waals surface area contributed by atoms with Crippen LogP contribution in [0.25, 0.3) is 0 Å². The number of likely N-dealkylation sites (tertiary alicyclic amines) is 1. The average Bonchev–Trinajstić information content (AvgIpc) is 2.20. The van der Waals surface area contributed by atoms with Gasteiger partial charge >= 0.3 is 0 Å². The van der Waals surface area contributed by atoms with Gasteiger partial charge in [0.25, 0.3) is 0 Å². The van der Waals surface area contributed by atoms with E-state index in [-0.39, 0.29) is 5.91 Å². The maximum Gasteiger partial charge on any atom is 0.222 e. The SMILES string of the molecule is C=CCC[C@H](C)N[C@H]1CCC(=O)N(C)C1. The van der Waals surface area contributed by atoms with Crippen LogP contribution < -0.4 is 5.32 Å². The third-order valence-electron chi connectivity index (χ3n) is 2.95. The summed E-state index contributed by atoms with van der Waals surface area (Å²) in [6, 6.07) is 0.974. The number of allylic oxidation sites excluding steroid dienone is 1. The van der Waals surface area contributed by atoms with Gasteiger partial charge in [-0.25, -0.2) is 0 Å². The Balaban J connectivity index is 2.26. The summed E-state index contributed by atoms with van der Waals surface area (Å²) in [5.74, 6) is 0.270. The van der Waals surface area contributed by atoms with Crippen LogP contribution in [0, 0.1) is 0 Å². The molecule has 3 nitrogen and oxygen atoms in total. The molecule has 1 amide bonds. The predicted molar refractivity (Wildman–Crippen MR) is 62.7 cm³/mol. The molecule has 2 atom stereocenters. The lowest BCUT2D eigenvalue weighted by Crippen LogP contribution is -2.49. The van der Waals surface area contributed by atoms with E-state index in [1.54, 1.807) is 0 Å². The number of carbonyl (C=O) groups is 1. The summed E-state index contributed by atoms with van der Waals surface area (Å²) in [4.78, 5) is 13.1. The molecule has 0 radical (unpaired) electrons. The molecule has 0 bridgehead atoms. The Hall–Kier alpha value is -0.830. The van der Waals surface area contributed by atoms with Crippen molar-refractivity contribution in [2.75, 3.05) is 13.6 Å². The highest BCUT2D eigenvalue weighted by atomic mass is 16.2. The molecule has 0 spiro atoms. The van der Waals surface area contributed by atoms with Crippen LogP contribution in [0.15, 0.2) is 12.7 Å². The van der Waals surface area contributed by atoms with Gasteiger partial charge in [-0.2, -0.15) is 0 Å². The number of hydrogen-bond donors (Lipinski definition) is 1. The minimum Gasteiger partial charge on any atom is -0.344 e. The van der Waals surface area contributed by atoms with Crippen LogP contribution in [-0.2, 0) is 4.79 Å². The molecule has 15 heavy (non-hydrogen) atoms. The Labute approximate surface area is 92.5 Å². The van der Waals surface area contributed by atoms with Crippen molar-refractivity contribution in [2.45, 2.75) is 44.7 Å². The summed E-state index contributed by atoms with van der Waals surface area (Å²) < 4.78 is 0. The van der Waals surface area contributed by atoms with Gasteiger partial charge in [0.05, 0.1) is 0 Å². The molecule has 3 heteroatoms.